The van der Waals surface area contributed by atoms with Crippen LogP contribution in [0, 0.1) is 17.8 Å². The highest BCUT2D eigenvalue weighted by Crippen LogP contribution is 2.36. The Kier molecular flexibility index (Phi) is 4.78. The predicted octanol–water partition coefficient (Wildman–Crippen LogP) is 2.46. The summed E-state index contributed by atoms with van der Waals surface area (Å²) in [6.07, 6.45) is 10.3. The van der Waals surface area contributed by atoms with Gasteiger partial charge in [0.1, 0.15) is 11.5 Å². The minimum Gasteiger partial charge on any atom is -0.508 e. The summed E-state index contributed by atoms with van der Waals surface area (Å²) < 4.78 is 16.2. The van der Waals surface area contributed by atoms with E-state index in [1.807, 2.05) is 24.3 Å². The molecular weight excluding hydrogens is 296 g/mol. The van der Waals surface area contributed by atoms with Crippen LogP contribution in [-0.4, -0.2) is 43.2 Å². The van der Waals surface area contributed by atoms with Crippen molar-refractivity contribution in [1.82, 2.24) is 0 Å². The number of hydrogen-bond acceptors (Lipinski definition) is 5. The van der Waals surface area contributed by atoms with Crippen LogP contribution in [-0.2, 0) is 14.2 Å². The highest BCUT2D eigenvalue weighted by Gasteiger charge is 2.39. The van der Waals surface area contributed by atoms with Crippen LogP contribution in [0.3, 0.4) is 0 Å². The number of aliphatic hydroxyl groups is 2. The smallest absolute Gasteiger partial charge is 0.155 e. The van der Waals surface area contributed by atoms with Crippen molar-refractivity contribution in [2.75, 3.05) is 20.8 Å². The Labute approximate surface area is 136 Å². The van der Waals surface area contributed by atoms with Crippen LogP contribution >= 0.6 is 0 Å². The fourth-order valence-corrected chi connectivity index (χ4v) is 3.58. The summed E-state index contributed by atoms with van der Waals surface area (Å²) in [5, 5.41) is 20.6. The lowest BCUT2D eigenvalue weighted by Gasteiger charge is -2.40. The topological polar surface area (TPSA) is 68.2 Å². The summed E-state index contributed by atoms with van der Waals surface area (Å²) in [6.45, 7) is 0.510. The molecule has 0 amide bonds. The summed E-state index contributed by atoms with van der Waals surface area (Å²) >= 11 is 0. The number of ether oxygens (including phenoxy) is 3. The van der Waals surface area contributed by atoms with E-state index in [9.17, 15) is 10.2 Å². The van der Waals surface area contributed by atoms with Crippen molar-refractivity contribution in [2.45, 2.75) is 25.0 Å². The van der Waals surface area contributed by atoms with Crippen LogP contribution in [0.2, 0.25) is 0 Å². The third kappa shape index (κ3) is 3.31. The summed E-state index contributed by atoms with van der Waals surface area (Å²) in [6, 6.07) is 0. The molecule has 2 aliphatic carbocycles. The minimum absolute atomic E-state index is 0.0427. The molecule has 0 aromatic heterocycles. The Morgan fingerprint density at radius 2 is 2.04 bits per heavy atom. The van der Waals surface area contributed by atoms with Crippen LogP contribution in [0.4, 0.5) is 0 Å². The van der Waals surface area contributed by atoms with Gasteiger partial charge in [0.15, 0.2) is 5.76 Å². The summed E-state index contributed by atoms with van der Waals surface area (Å²) in [7, 11) is 3.18. The SMILES string of the molecule is COC1=CC2OCC(CC3C=CC(OC)=C(O)C3)C(O)C2C=C1. The van der Waals surface area contributed by atoms with Gasteiger partial charge in [0, 0.05) is 18.3 Å². The molecule has 126 valence electrons. The molecule has 0 aromatic carbocycles. The Morgan fingerprint density at radius 3 is 2.74 bits per heavy atom. The van der Waals surface area contributed by atoms with E-state index in [-0.39, 0.29) is 29.6 Å². The van der Waals surface area contributed by atoms with Crippen molar-refractivity contribution in [3.05, 3.63) is 47.7 Å². The van der Waals surface area contributed by atoms with Crippen LogP contribution < -0.4 is 0 Å². The molecular formula is C18H24O5. The van der Waals surface area contributed by atoms with Gasteiger partial charge in [-0.05, 0) is 30.6 Å². The van der Waals surface area contributed by atoms with E-state index in [1.165, 1.54) is 0 Å². The number of aliphatic hydroxyl groups excluding tert-OH is 2. The first-order valence-corrected chi connectivity index (χ1v) is 8.00. The van der Waals surface area contributed by atoms with Crippen molar-refractivity contribution in [3.8, 4) is 0 Å². The first-order chi connectivity index (χ1) is 11.1. The number of rotatable bonds is 4. The van der Waals surface area contributed by atoms with Crippen molar-refractivity contribution >= 4 is 0 Å². The van der Waals surface area contributed by atoms with Crippen LogP contribution in [0.5, 0.6) is 0 Å². The Balaban J connectivity index is 1.62. The normalized spacial score (nSPS) is 36.5. The molecule has 1 aliphatic heterocycles. The number of methoxy groups -OCH3 is 2. The molecule has 0 radical (unpaired) electrons. The molecule has 3 rings (SSSR count). The lowest BCUT2D eigenvalue weighted by atomic mass is 9.77. The number of allylic oxidation sites excluding steroid dienone is 4. The second-order valence-corrected chi connectivity index (χ2v) is 6.33. The lowest BCUT2D eigenvalue weighted by molar-refractivity contribution is -0.101. The third-order valence-corrected chi connectivity index (χ3v) is 4.89. The minimum atomic E-state index is -0.456. The first kappa shape index (κ1) is 16.1. The molecule has 1 saturated heterocycles. The van der Waals surface area contributed by atoms with E-state index in [4.69, 9.17) is 14.2 Å². The molecule has 2 N–H and O–H groups in total. The number of hydrogen-bond donors (Lipinski definition) is 2. The standard InChI is InChI=1S/C18H24O5/c1-21-13-4-5-14-17(9-13)23-10-12(18(14)20)7-11-3-6-16(22-2)15(19)8-11/h3-6,9,11-12,14,17-20H,7-8,10H2,1-2H3. The maximum absolute atomic E-state index is 10.7. The van der Waals surface area contributed by atoms with Crippen molar-refractivity contribution < 1.29 is 24.4 Å². The fourth-order valence-electron chi connectivity index (χ4n) is 3.58. The molecule has 1 heterocycles. The monoisotopic (exact) mass is 320 g/mol. The van der Waals surface area contributed by atoms with Gasteiger partial charge < -0.3 is 24.4 Å². The van der Waals surface area contributed by atoms with Gasteiger partial charge in [0.25, 0.3) is 0 Å². The average Bonchev–Trinajstić information content (AvgIpc) is 2.57. The molecule has 0 aromatic rings. The molecule has 5 nitrogen and oxygen atoms in total. The Morgan fingerprint density at radius 1 is 1.22 bits per heavy atom. The van der Waals surface area contributed by atoms with Crippen LogP contribution in [0.15, 0.2) is 47.7 Å². The molecule has 5 atom stereocenters. The zero-order valence-corrected chi connectivity index (χ0v) is 13.5. The van der Waals surface area contributed by atoms with Gasteiger partial charge in [-0.15, -0.1) is 0 Å². The van der Waals surface area contributed by atoms with E-state index >= 15 is 0 Å². The second-order valence-electron chi connectivity index (χ2n) is 6.33. The maximum Gasteiger partial charge on any atom is 0.155 e. The lowest BCUT2D eigenvalue weighted by Crippen LogP contribution is -2.46. The molecule has 0 spiro atoms. The molecule has 0 bridgehead atoms. The fraction of sp³-hybridized carbons (Fsp3) is 0.556. The predicted molar refractivity (Wildman–Crippen MR) is 85.5 cm³/mol. The zero-order valence-electron chi connectivity index (χ0n) is 13.5. The van der Waals surface area contributed by atoms with Crippen LogP contribution in [0.25, 0.3) is 0 Å². The maximum atomic E-state index is 10.7. The van der Waals surface area contributed by atoms with Gasteiger partial charge >= 0.3 is 0 Å². The van der Waals surface area contributed by atoms with Crippen molar-refractivity contribution in [3.63, 3.8) is 0 Å². The van der Waals surface area contributed by atoms with Gasteiger partial charge in [-0.2, -0.15) is 0 Å². The quantitative estimate of drug-likeness (QED) is 0.833. The molecule has 5 heteroatoms. The van der Waals surface area contributed by atoms with E-state index in [1.54, 1.807) is 20.3 Å². The third-order valence-electron chi connectivity index (χ3n) is 4.89. The van der Waals surface area contributed by atoms with Gasteiger partial charge in [-0.3, -0.25) is 0 Å². The molecule has 0 saturated carbocycles. The number of fused-ring (bicyclic) bond motifs is 1. The van der Waals surface area contributed by atoms with E-state index in [0.717, 1.165) is 12.2 Å². The highest BCUT2D eigenvalue weighted by molar-refractivity contribution is 5.25. The molecule has 1 fully saturated rings. The van der Waals surface area contributed by atoms with E-state index < -0.39 is 6.10 Å². The molecule has 5 unspecified atom stereocenters. The van der Waals surface area contributed by atoms with Crippen molar-refractivity contribution in [2.24, 2.45) is 17.8 Å². The van der Waals surface area contributed by atoms with Gasteiger partial charge in [0.2, 0.25) is 0 Å². The first-order valence-electron chi connectivity index (χ1n) is 8.00. The Bertz CT molecular complexity index is 560. The molecule has 23 heavy (non-hydrogen) atoms. The van der Waals surface area contributed by atoms with Gasteiger partial charge in [-0.1, -0.05) is 12.2 Å². The van der Waals surface area contributed by atoms with E-state index in [2.05, 4.69) is 0 Å². The largest absolute Gasteiger partial charge is 0.508 e. The second kappa shape index (κ2) is 6.81. The van der Waals surface area contributed by atoms with Gasteiger partial charge in [0.05, 0.1) is 33.0 Å². The molecule has 3 aliphatic rings. The zero-order chi connectivity index (χ0) is 16.4. The summed E-state index contributed by atoms with van der Waals surface area (Å²) in [5.74, 6) is 1.76. The summed E-state index contributed by atoms with van der Waals surface area (Å²) in [5.41, 5.74) is 0. The average molecular weight is 320 g/mol. The Hall–Kier alpha value is -1.72. The van der Waals surface area contributed by atoms with E-state index in [0.29, 0.717) is 18.8 Å². The van der Waals surface area contributed by atoms with Crippen molar-refractivity contribution in [1.29, 1.82) is 0 Å². The summed E-state index contributed by atoms with van der Waals surface area (Å²) in [4.78, 5) is 0. The van der Waals surface area contributed by atoms with Crippen LogP contribution in [0.1, 0.15) is 12.8 Å². The van der Waals surface area contributed by atoms with Gasteiger partial charge in [-0.25, -0.2) is 0 Å². The highest BCUT2D eigenvalue weighted by atomic mass is 16.5.